The SMILES string of the molecule is ClC1=CCC[N]C1. The van der Waals surface area contributed by atoms with Crippen molar-refractivity contribution in [3.63, 3.8) is 0 Å². The van der Waals surface area contributed by atoms with Crippen LogP contribution in [0.25, 0.3) is 0 Å². The lowest BCUT2D eigenvalue weighted by Crippen LogP contribution is -2.12. The summed E-state index contributed by atoms with van der Waals surface area (Å²) in [4.78, 5) is 0. The van der Waals surface area contributed by atoms with Gasteiger partial charge in [-0.1, -0.05) is 17.7 Å². The fourth-order valence-electron chi connectivity index (χ4n) is 0.563. The molecule has 0 fully saturated rings. The van der Waals surface area contributed by atoms with Gasteiger partial charge in [0.15, 0.2) is 0 Å². The Morgan fingerprint density at radius 2 is 2.57 bits per heavy atom. The molecule has 39 valence electrons. The zero-order chi connectivity index (χ0) is 5.11. The van der Waals surface area contributed by atoms with Crippen molar-refractivity contribution in [1.29, 1.82) is 0 Å². The molecule has 0 atom stereocenters. The van der Waals surface area contributed by atoms with Crippen LogP contribution in [-0.2, 0) is 0 Å². The third kappa shape index (κ3) is 1.49. The summed E-state index contributed by atoms with van der Waals surface area (Å²) in [5.74, 6) is 0. The van der Waals surface area contributed by atoms with E-state index in [0.717, 1.165) is 24.5 Å². The van der Waals surface area contributed by atoms with Crippen molar-refractivity contribution in [3.05, 3.63) is 11.1 Å². The van der Waals surface area contributed by atoms with E-state index in [2.05, 4.69) is 5.32 Å². The lowest BCUT2D eigenvalue weighted by molar-refractivity contribution is 0.706. The van der Waals surface area contributed by atoms with E-state index in [1.807, 2.05) is 6.08 Å². The Labute approximate surface area is 48.4 Å². The third-order valence-electron chi connectivity index (χ3n) is 0.916. The van der Waals surface area contributed by atoms with E-state index in [1.165, 1.54) is 0 Å². The molecular weight excluding hydrogens is 110 g/mol. The van der Waals surface area contributed by atoms with Crippen LogP contribution in [0.1, 0.15) is 6.42 Å². The quantitative estimate of drug-likeness (QED) is 0.450. The molecule has 0 spiro atoms. The van der Waals surface area contributed by atoms with Gasteiger partial charge in [0.1, 0.15) is 0 Å². The van der Waals surface area contributed by atoms with Crippen LogP contribution in [0.3, 0.4) is 0 Å². The fourth-order valence-corrected chi connectivity index (χ4v) is 0.756. The Kier molecular flexibility index (Phi) is 1.71. The van der Waals surface area contributed by atoms with Crippen molar-refractivity contribution in [3.8, 4) is 0 Å². The average Bonchev–Trinajstić information content (AvgIpc) is 1.69. The van der Waals surface area contributed by atoms with Gasteiger partial charge in [-0.2, -0.15) is 0 Å². The molecule has 7 heavy (non-hydrogen) atoms. The zero-order valence-electron chi connectivity index (χ0n) is 4.02. The second kappa shape index (κ2) is 2.34. The van der Waals surface area contributed by atoms with Crippen molar-refractivity contribution in [2.45, 2.75) is 6.42 Å². The molecule has 0 aromatic rings. The molecule has 1 radical (unpaired) electrons. The van der Waals surface area contributed by atoms with E-state index in [4.69, 9.17) is 11.6 Å². The molecule has 1 rings (SSSR count). The first-order chi connectivity index (χ1) is 3.39. The third-order valence-corrected chi connectivity index (χ3v) is 1.19. The fraction of sp³-hybridized carbons (Fsp3) is 0.600. The van der Waals surface area contributed by atoms with Crippen molar-refractivity contribution < 1.29 is 0 Å². The minimum Gasteiger partial charge on any atom is -0.236 e. The number of hydrogen-bond donors (Lipinski definition) is 0. The molecule has 1 aliphatic rings. The molecule has 0 saturated heterocycles. The van der Waals surface area contributed by atoms with Crippen LogP contribution in [0.4, 0.5) is 0 Å². The summed E-state index contributed by atoms with van der Waals surface area (Å²) < 4.78 is 0. The summed E-state index contributed by atoms with van der Waals surface area (Å²) >= 11 is 5.58. The highest BCUT2D eigenvalue weighted by Gasteiger charge is 1.97. The molecule has 1 heterocycles. The average molecular weight is 117 g/mol. The molecule has 0 amide bonds. The standard InChI is InChI=1S/C5H7ClN/c6-5-2-1-3-7-4-5/h2H,1,3-4H2. The Bertz CT molecular complexity index is 88.1. The first-order valence-corrected chi connectivity index (χ1v) is 2.75. The maximum Gasteiger partial charge on any atom is 0.0488 e. The topological polar surface area (TPSA) is 14.1 Å². The summed E-state index contributed by atoms with van der Waals surface area (Å²) in [6.45, 7) is 1.69. The molecule has 0 bridgehead atoms. The van der Waals surface area contributed by atoms with Gasteiger partial charge in [-0.25, -0.2) is 5.32 Å². The number of hydrogen-bond acceptors (Lipinski definition) is 0. The molecule has 1 aliphatic heterocycles. The van der Waals surface area contributed by atoms with Crippen LogP contribution < -0.4 is 5.32 Å². The highest BCUT2D eigenvalue weighted by Crippen LogP contribution is 2.04. The van der Waals surface area contributed by atoms with Gasteiger partial charge in [0.05, 0.1) is 0 Å². The van der Waals surface area contributed by atoms with Gasteiger partial charge in [0, 0.05) is 18.1 Å². The summed E-state index contributed by atoms with van der Waals surface area (Å²) in [5, 5.41) is 4.95. The molecule has 2 heteroatoms. The molecule has 0 aliphatic carbocycles. The highest BCUT2D eigenvalue weighted by atomic mass is 35.5. The van der Waals surface area contributed by atoms with Crippen LogP contribution in [0.2, 0.25) is 0 Å². The molecule has 1 nitrogen and oxygen atoms in total. The summed E-state index contributed by atoms with van der Waals surface area (Å²) in [5.41, 5.74) is 0. The molecule has 0 unspecified atom stereocenters. The van der Waals surface area contributed by atoms with Gasteiger partial charge >= 0.3 is 0 Å². The summed E-state index contributed by atoms with van der Waals surface area (Å²) in [7, 11) is 0. The summed E-state index contributed by atoms with van der Waals surface area (Å²) in [6.07, 6.45) is 3.05. The second-order valence-electron chi connectivity index (χ2n) is 1.54. The molecular formula is C5H7ClN. The van der Waals surface area contributed by atoms with E-state index in [0.29, 0.717) is 0 Å². The van der Waals surface area contributed by atoms with Gasteiger partial charge in [-0.05, 0) is 6.42 Å². The maximum absolute atomic E-state index is 5.58. The van der Waals surface area contributed by atoms with Crippen LogP contribution in [-0.4, -0.2) is 13.1 Å². The molecule has 0 aromatic heterocycles. The molecule has 0 aromatic carbocycles. The van der Waals surface area contributed by atoms with Gasteiger partial charge in [0.25, 0.3) is 0 Å². The Morgan fingerprint density at radius 1 is 1.71 bits per heavy atom. The highest BCUT2D eigenvalue weighted by molar-refractivity contribution is 6.29. The number of rotatable bonds is 0. The first-order valence-electron chi connectivity index (χ1n) is 2.37. The normalized spacial score (nSPS) is 21.6. The van der Waals surface area contributed by atoms with Gasteiger partial charge in [0.2, 0.25) is 0 Å². The minimum atomic E-state index is 0.738. The van der Waals surface area contributed by atoms with E-state index >= 15 is 0 Å². The van der Waals surface area contributed by atoms with E-state index in [9.17, 15) is 0 Å². The Morgan fingerprint density at radius 3 is 2.86 bits per heavy atom. The predicted octanol–water partition coefficient (Wildman–Crippen LogP) is 1.12. The van der Waals surface area contributed by atoms with E-state index in [1.54, 1.807) is 0 Å². The monoisotopic (exact) mass is 116 g/mol. The number of halogens is 1. The van der Waals surface area contributed by atoms with Crippen molar-refractivity contribution in [1.82, 2.24) is 5.32 Å². The van der Waals surface area contributed by atoms with Crippen molar-refractivity contribution in [2.24, 2.45) is 0 Å². The van der Waals surface area contributed by atoms with Crippen molar-refractivity contribution >= 4 is 11.6 Å². The lowest BCUT2D eigenvalue weighted by Gasteiger charge is -2.04. The van der Waals surface area contributed by atoms with Crippen LogP contribution in [0.15, 0.2) is 11.1 Å². The smallest absolute Gasteiger partial charge is 0.0488 e. The van der Waals surface area contributed by atoms with Gasteiger partial charge < -0.3 is 0 Å². The number of nitrogens with zero attached hydrogens (tertiary/aromatic N) is 1. The minimum absolute atomic E-state index is 0.738. The zero-order valence-corrected chi connectivity index (χ0v) is 4.78. The van der Waals surface area contributed by atoms with Crippen LogP contribution >= 0.6 is 11.6 Å². The van der Waals surface area contributed by atoms with Gasteiger partial charge in [-0.15, -0.1) is 0 Å². The predicted molar refractivity (Wildman–Crippen MR) is 30.4 cm³/mol. The van der Waals surface area contributed by atoms with Crippen LogP contribution in [0.5, 0.6) is 0 Å². The second-order valence-corrected chi connectivity index (χ2v) is 2.03. The van der Waals surface area contributed by atoms with E-state index < -0.39 is 0 Å². The van der Waals surface area contributed by atoms with Gasteiger partial charge in [-0.3, -0.25) is 0 Å². The Hall–Kier alpha value is -0.0100. The largest absolute Gasteiger partial charge is 0.236 e. The molecule has 0 N–H and O–H groups in total. The first kappa shape index (κ1) is 5.13. The van der Waals surface area contributed by atoms with Crippen molar-refractivity contribution in [2.75, 3.05) is 13.1 Å². The maximum atomic E-state index is 5.58. The molecule has 0 saturated carbocycles. The lowest BCUT2D eigenvalue weighted by atomic mass is 10.3. The van der Waals surface area contributed by atoms with Crippen LogP contribution in [0, 0.1) is 0 Å². The summed E-state index contributed by atoms with van der Waals surface area (Å²) in [6, 6.07) is 0. The Balaban J connectivity index is 2.40. The van der Waals surface area contributed by atoms with E-state index in [-0.39, 0.29) is 0 Å².